The van der Waals surface area contributed by atoms with E-state index in [1.165, 1.54) is 0 Å². The van der Waals surface area contributed by atoms with Crippen molar-refractivity contribution in [2.75, 3.05) is 0 Å². The molecule has 0 aromatic heterocycles. The topological polar surface area (TPSA) is 102 Å². The Morgan fingerprint density at radius 1 is 1.62 bits per heavy atom. The molecule has 0 fully saturated rings. The van der Waals surface area contributed by atoms with Crippen molar-refractivity contribution in [2.45, 2.75) is 0 Å². The van der Waals surface area contributed by atoms with Crippen LogP contribution in [0.25, 0.3) is 0 Å². The first-order valence-corrected chi connectivity index (χ1v) is 2.75. The Kier molecular flexibility index (Phi) is 6.99. The molecule has 0 heterocycles. The van der Waals surface area contributed by atoms with E-state index in [0.717, 1.165) is 0 Å². The molecule has 1 unspecified atom stereocenters. The Morgan fingerprint density at radius 3 is 2.00 bits per heavy atom. The molecule has 0 bridgehead atoms. The first-order chi connectivity index (χ1) is 3.13. The molecular weight excluding hydrogens is 169 g/mol. The Labute approximate surface area is 57.8 Å². The van der Waals surface area contributed by atoms with Crippen LogP contribution in [0.3, 0.4) is 0 Å². The van der Waals surface area contributed by atoms with Gasteiger partial charge in [-0.3, -0.25) is 4.57 Å². The zero-order valence-corrected chi connectivity index (χ0v) is 6.14. The second-order valence-electron chi connectivity index (χ2n) is 0.819. The second-order valence-corrected chi connectivity index (χ2v) is 1.61. The van der Waals surface area contributed by atoms with Gasteiger partial charge in [0.25, 0.3) is 0 Å². The predicted octanol–water partition coefficient (Wildman–Crippen LogP) is -1.36. The van der Waals surface area contributed by atoms with Crippen molar-refractivity contribution in [3.05, 3.63) is 0 Å². The van der Waals surface area contributed by atoms with Crippen LogP contribution in [-0.4, -0.2) is 10.9 Å². The maximum absolute atomic E-state index is 9.65. The molecule has 7 heteroatoms. The van der Waals surface area contributed by atoms with Crippen LogP contribution in [0.5, 0.6) is 0 Å². The summed E-state index contributed by atoms with van der Waals surface area (Å²) >= 11 is 0. The minimum absolute atomic E-state index is 0. The molecule has 0 aliphatic heterocycles. The summed E-state index contributed by atoms with van der Waals surface area (Å²) in [4.78, 5) is 7.92. The summed E-state index contributed by atoms with van der Waals surface area (Å²) in [5.74, 6) is -0.355. The number of hydrogen-bond acceptors (Lipinski definition) is 1. The summed E-state index contributed by atoms with van der Waals surface area (Å²) < 4.78 is 12.5. The molecule has 0 aliphatic rings. The van der Waals surface area contributed by atoms with Gasteiger partial charge in [0.2, 0.25) is 0 Å². The van der Waals surface area contributed by atoms with Gasteiger partial charge in [-0.05, 0) is 0 Å². The summed E-state index contributed by atoms with van der Waals surface area (Å²) in [5.41, 5.74) is 9.37. The van der Waals surface area contributed by atoms with Gasteiger partial charge in [-0.15, -0.1) is 0 Å². The maximum Gasteiger partial charge on any atom is 0.303 e. The van der Waals surface area contributed by atoms with Crippen LogP contribution in [0.1, 0.15) is 0 Å². The van der Waals surface area contributed by atoms with Crippen molar-refractivity contribution in [1.29, 1.82) is 0 Å². The van der Waals surface area contributed by atoms with E-state index < -0.39 is 8.18 Å². The fourth-order valence-corrected chi connectivity index (χ4v) is 0.331. The van der Waals surface area contributed by atoms with Crippen LogP contribution >= 0.6 is 8.18 Å². The minimum atomic E-state index is -2.85. The van der Waals surface area contributed by atoms with E-state index >= 15 is 0 Å². The van der Waals surface area contributed by atoms with Gasteiger partial charge in [-0.2, -0.15) is 4.76 Å². The summed E-state index contributed by atoms with van der Waals surface area (Å²) in [6.07, 6.45) is 0. The molecule has 0 aromatic rings. The zero-order chi connectivity index (χ0) is 5.86. The molecule has 0 spiro atoms. The summed E-state index contributed by atoms with van der Waals surface area (Å²) in [6.45, 7) is 0. The predicted molar refractivity (Wildman–Crippen MR) is 27.0 cm³/mol. The average molecular weight is 175 g/mol. The van der Waals surface area contributed by atoms with E-state index in [-0.39, 0.29) is 23.3 Å². The van der Waals surface area contributed by atoms with E-state index in [9.17, 15) is 4.57 Å². The monoisotopic (exact) mass is 175 g/mol. The van der Waals surface area contributed by atoms with Gasteiger partial charge in [0, 0.05) is 17.4 Å². The number of nitrogens with two attached hydrogens (primary N) is 2. The molecule has 0 aromatic carbocycles. The standard InChI is InChI=1S/CH6N3O2P.Cr/c2-1(3)4-7(5)6;/h7H,(H5,2,3,4,5,6);. The zero-order valence-electron chi connectivity index (χ0n) is 3.87. The van der Waals surface area contributed by atoms with Crippen LogP contribution in [0.15, 0.2) is 4.76 Å². The largest absolute Gasteiger partial charge is 0.370 e. The quantitative estimate of drug-likeness (QED) is 0.260. The fourth-order valence-electron chi connectivity index (χ4n) is 0.110. The second kappa shape index (κ2) is 5.14. The van der Waals surface area contributed by atoms with Crippen LogP contribution in [0, 0.1) is 0 Å². The number of rotatable bonds is 1. The SMILES string of the molecule is NC(N)=N[PH](=O)O.[Cr]. The normalized spacial score (nSPS) is 11.1. The third kappa shape index (κ3) is 9.37. The van der Waals surface area contributed by atoms with E-state index in [1.807, 2.05) is 0 Å². The summed E-state index contributed by atoms with van der Waals surface area (Å²) in [7, 11) is -2.85. The van der Waals surface area contributed by atoms with Gasteiger partial charge in [0.1, 0.15) is 0 Å². The van der Waals surface area contributed by atoms with Crippen molar-refractivity contribution < 1.29 is 26.8 Å². The van der Waals surface area contributed by atoms with E-state index in [2.05, 4.69) is 16.2 Å². The molecule has 48 valence electrons. The molecule has 1 atom stereocenters. The summed E-state index contributed by atoms with van der Waals surface area (Å²) in [6, 6.07) is 0. The minimum Gasteiger partial charge on any atom is -0.370 e. The Bertz CT molecular complexity index is 110. The molecule has 5 nitrogen and oxygen atoms in total. The van der Waals surface area contributed by atoms with Crippen molar-refractivity contribution in [3.8, 4) is 0 Å². The van der Waals surface area contributed by atoms with E-state index in [0.29, 0.717) is 0 Å². The molecule has 0 radical (unpaired) electrons. The average Bonchev–Trinajstić information content (AvgIpc) is 1.27. The van der Waals surface area contributed by atoms with Crippen LogP contribution in [-0.2, 0) is 21.9 Å². The molecule has 0 saturated carbocycles. The van der Waals surface area contributed by atoms with Gasteiger partial charge >= 0.3 is 8.18 Å². The van der Waals surface area contributed by atoms with Gasteiger partial charge in [0.15, 0.2) is 5.96 Å². The maximum atomic E-state index is 9.65. The van der Waals surface area contributed by atoms with Crippen LogP contribution in [0.4, 0.5) is 0 Å². The third-order valence-corrected chi connectivity index (χ3v) is 0.674. The van der Waals surface area contributed by atoms with Gasteiger partial charge in [-0.1, -0.05) is 0 Å². The van der Waals surface area contributed by atoms with Crippen molar-refractivity contribution in [2.24, 2.45) is 16.2 Å². The summed E-state index contributed by atoms with van der Waals surface area (Å²) in [5, 5.41) is 0. The Balaban J connectivity index is 0. The van der Waals surface area contributed by atoms with Gasteiger partial charge in [-0.25, -0.2) is 0 Å². The number of guanidine groups is 1. The van der Waals surface area contributed by atoms with E-state index in [1.54, 1.807) is 0 Å². The molecule has 0 amide bonds. The first-order valence-electron chi connectivity index (χ1n) is 1.45. The molecule has 0 saturated heterocycles. The Morgan fingerprint density at radius 2 is 2.00 bits per heavy atom. The number of nitrogens with zero attached hydrogens (tertiary/aromatic N) is 1. The fraction of sp³-hybridized carbons (Fsp3) is 0. The molecular formula is CH6CrN3O2P. The smallest absolute Gasteiger partial charge is 0.303 e. The molecule has 0 aliphatic carbocycles. The van der Waals surface area contributed by atoms with Gasteiger partial charge in [0.05, 0.1) is 0 Å². The van der Waals surface area contributed by atoms with Crippen molar-refractivity contribution >= 4 is 14.1 Å². The van der Waals surface area contributed by atoms with E-state index in [4.69, 9.17) is 4.89 Å². The van der Waals surface area contributed by atoms with Crippen molar-refractivity contribution in [1.82, 2.24) is 0 Å². The molecule has 5 N–H and O–H groups in total. The van der Waals surface area contributed by atoms with Crippen molar-refractivity contribution in [3.63, 3.8) is 0 Å². The third-order valence-electron chi connectivity index (χ3n) is 0.225. The first kappa shape index (κ1) is 10.9. The molecule has 0 rings (SSSR count). The van der Waals surface area contributed by atoms with Gasteiger partial charge < -0.3 is 16.4 Å². The molecule has 8 heavy (non-hydrogen) atoms. The Hall–Kier alpha value is -0.00753. The van der Waals surface area contributed by atoms with Crippen LogP contribution in [0.2, 0.25) is 0 Å². The van der Waals surface area contributed by atoms with Crippen LogP contribution < -0.4 is 11.5 Å². The number of hydrogen-bond donors (Lipinski definition) is 3.